The second kappa shape index (κ2) is 5.96. The van der Waals surface area contributed by atoms with Crippen molar-refractivity contribution in [3.63, 3.8) is 0 Å². The van der Waals surface area contributed by atoms with E-state index in [-0.39, 0.29) is 5.82 Å². The zero-order valence-electron chi connectivity index (χ0n) is 8.84. The molecule has 0 radical (unpaired) electrons. The lowest BCUT2D eigenvalue weighted by atomic mass is 10.2. The molecular formula is C11H13BrFNO2. The van der Waals surface area contributed by atoms with Gasteiger partial charge >= 0.3 is 5.97 Å². The Balaban J connectivity index is 2.66. The maximum Gasteiger partial charge on any atom is 0.320 e. The minimum atomic E-state index is -0.893. The lowest BCUT2D eigenvalue weighted by Crippen LogP contribution is -2.35. The zero-order chi connectivity index (χ0) is 12.1. The quantitative estimate of drug-likeness (QED) is 0.876. The molecule has 3 nitrogen and oxygen atoms in total. The van der Waals surface area contributed by atoms with E-state index < -0.39 is 12.0 Å². The van der Waals surface area contributed by atoms with Gasteiger partial charge in [0.15, 0.2) is 0 Å². The second-order valence-corrected chi connectivity index (χ2v) is 4.27. The summed E-state index contributed by atoms with van der Waals surface area (Å²) in [4.78, 5) is 10.8. The zero-order valence-corrected chi connectivity index (χ0v) is 10.4. The van der Waals surface area contributed by atoms with Gasteiger partial charge < -0.3 is 10.4 Å². The van der Waals surface area contributed by atoms with Crippen LogP contribution in [-0.2, 0) is 11.3 Å². The molecule has 0 saturated carbocycles. The molecule has 5 heteroatoms. The van der Waals surface area contributed by atoms with Gasteiger partial charge in [0, 0.05) is 11.0 Å². The summed E-state index contributed by atoms with van der Waals surface area (Å²) in [6.45, 7) is 2.11. The molecule has 0 heterocycles. The minimum absolute atomic E-state index is 0.323. The maximum absolute atomic E-state index is 12.9. The molecule has 0 saturated heterocycles. The summed E-state index contributed by atoms with van der Waals surface area (Å²) in [5, 5.41) is 11.7. The van der Waals surface area contributed by atoms with Gasteiger partial charge in [0.2, 0.25) is 0 Å². The molecule has 0 spiro atoms. The van der Waals surface area contributed by atoms with Gasteiger partial charge in [-0.05, 0) is 30.2 Å². The molecule has 0 aliphatic carbocycles. The Labute approximate surface area is 102 Å². The summed E-state index contributed by atoms with van der Waals surface area (Å²) in [6, 6.07) is 3.73. The summed E-state index contributed by atoms with van der Waals surface area (Å²) in [5.74, 6) is -1.22. The van der Waals surface area contributed by atoms with E-state index in [1.807, 2.05) is 0 Å². The molecule has 0 aliphatic rings. The van der Waals surface area contributed by atoms with E-state index in [4.69, 9.17) is 5.11 Å². The summed E-state index contributed by atoms with van der Waals surface area (Å²) < 4.78 is 13.7. The fraction of sp³-hybridized carbons (Fsp3) is 0.364. The third-order valence-corrected chi connectivity index (χ3v) is 3.03. The van der Waals surface area contributed by atoms with E-state index >= 15 is 0 Å². The molecule has 1 unspecified atom stereocenters. The van der Waals surface area contributed by atoms with Crippen LogP contribution in [0.15, 0.2) is 22.7 Å². The molecule has 0 bridgehead atoms. The number of nitrogens with one attached hydrogen (secondary N) is 1. The van der Waals surface area contributed by atoms with E-state index in [1.165, 1.54) is 12.1 Å². The van der Waals surface area contributed by atoms with Crippen molar-refractivity contribution in [3.8, 4) is 0 Å². The van der Waals surface area contributed by atoms with E-state index in [2.05, 4.69) is 21.2 Å². The number of carboxylic acids is 1. The van der Waals surface area contributed by atoms with Crippen molar-refractivity contribution in [3.05, 3.63) is 34.1 Å². The Kier molecular flexibility index (Phi) is 4.89. The van der Waals surface area contributed by atoms with Crippen molar-refractivity contribution in [2.75, 3.05) is 0 Å². The number of carboxylic acid groups (broad SMARTS) is 1. The van der Waals surface area contributed by atoms with Crippen LogP contribution in [0, 0.1) is 5.82 Å². The highest BCUT2D eigenvalue weighted by molar-refractivity contribution is 9.10. The Morgan fingerprint density at radius 3 is 2.88 bits per heavy atom. The van der Waals surface area contributed by atoms with E-state index in [9.17, 15) is 9.18 Å². The number of carbonyl (C=O) groups is 1. The summed E-state index contributed by atoms with van der Waals surface area (Å²) in [5.41, 5.74) is 0.708. The van der Waals surface area contributed by atoms with Gasteiger partial charge in [-0.1, -0.05) is 22.9 Å². The Morgan fingerprint density at radius 2 is 2.31 bits per heavy atom. The molecule has 0 amide bonds. The van der Waals surface area contributed by atoms with Gasteiger partial charge in [0.25, 0.3) is 0 Å². The smallest absolute Gasteiger partial charge is 0.320 e. The molecule has 88 valence electrons. The van der Waals surface area contributed by atoms with Gasteiger partial charge in [-0.3, -0.25) is 4.79 Å². The Hall–Kier alpha value is -0.940. The number of hydrogen-bond donors (Lipinski definition) is 2. The van der Waals surface area contributed by atoms with E-state index in [0.717, 1.165) is 4.47 Å². The third kappa shape index (κ3) is 3.57. The van der Waals surface area contributed by atoms with Gasteiger partial charge in [-0.2, -0.15) is 0 Å². The first-order valence-electron chi connectivity index (χ1n) is 4.94. The fourth-order valence-electron chi connectivity index (χ4n) is 1.32. The third-order valence-electron chi connectivity index (χ3n) is 2.25. The highest BCUT2D eigenvalue weighted by atomic mass is 79.9. The van der Waals surface area contributed by atoms with Crippen molar-refractivity contribution in [2.45, 2.75) is 25.9 Å². The summed E-state index contributed by atoms with van der Waals surface area (Å²) in [6.07, 6.45) is 0.488. The number of hydrogen-bond acceptors (Lipinski definition) is 2. The van der Waals surface area contributed by atoms with E-state index in [1.54, 1.807) is 13.0 Å². The number of benzene rings is 1. The summed E-state index contributed by atoms with van der Waals surface area (Å²) in [7, 11) is 0. The Bertz CT molecular complexity index is 384. The van der Waals surface area contributed by atoms with Crippen LogP contribution in [0.1, 0.15) is 18.9 Å². The van der Waals surface area contributed by atoms with Crippen LogP contribution < -0.4 is 5.32 Å². The number of rotatable bonds is 5. The molecule has 1 aromatic carbocycles. The highest BCUT2D eigenvalue weighted by Gasteiger charge is 2.14. The maximum atomic E-state index is 12.9. The van der Waals surface area contributed by atoms with Crippen LogP contribution in [0.5, 0.6) is 0 Å². The standard InChI is InChI=1S/C11H13BrFNO2/c1-2-10(11(15)16)14-6-7-5-8(13)3-4-9(7)12/h3-5,10,14H,2,6H2,1H3,(H,15,16). The predicted octanol–water partition coefficient (Wildman–Crippen LogP) is 2.54. The lowest BCUT2D eigenvalue weighted by Gasteiger charge is -2.13. The first kappa shape index (κ1) is 13.1. The fourth-order valence-corrected chi connectivity index (χ4v) is 1.71. The molecule has 16 heavy (non-hydrogen) atoms. The molecule has 1 atom stereocenters. The van der Waals surface area contributed by atoms with Crippen LogP contribution >= 0.6 is 15.9 Å². The van der Waals surface area contributed by atoms with Crippen LogP contribution in [0.25, 0.3) is 0 Å². The molecule has 1 rings (SSSR count). The van der Waals surface area contributed by atoms with Gasteiger partial charge in [-0.25, -0.2) is 4.39 Å². The van der Waals surface area contributed by atoms with Crippen LogP contribution in [0.3, 0.4) is 0 Å². The number of halogens is 2. The SMILES string of the molecule is CCC(NCc1cc(F)ccc1Br)C(=O)O. The van der Waals surface area contributed by atoms with Crippen molar-refractivity contribution in [1.82, 2.24) is 5.32 Å². The van der Waals surface area contributed by atoms with Gasteiger partial charge in [0.05, 0.1) is 0 Å². The van der Waals surface area contributed by atoms with Crippen molar-refractivity contribution in [2.24, 2.45) is 0 Å². The van der Waals surface area contributed by atoms with Gasteiger partial charge in [-0.15, -0.1) is 0 Å². The topological polar surface area (TPSA) is 49.3 Å². The summed E-state index contributed by atoms with van der Waals surface area (Å²) >= 11 is 3.29. The van der Waals surface area contributed by atoms with Crippen LogP contribution in [0.4, 0.5) is 4.39 Å². The van der Waals surface area contributed by atoms with Crippen LogP contribution in [-0.4, -0.2) is 17.1 Å². The van der Waals surface area contributed by atoms with Crippen molar-refractivity contribution in [1.29, 1.82) is 0 Å². The van der Waals surface area contributed by atoms with E-state index in [0.29, 0.717) is 18.5 Å². The Morgan fingerprint density at radius 1 is 1.62 bits per heavy atom. The van der Waals surface area contributed by atoms with Crippen molar-refractivity contribution < 1.29 is 14.3 Å². The van der Waals surface area contributed by atoms with Crippen molar-refractivity contribution >= 4 is 21.9 Å². The average molecular weight is 290 g/mol. The highest BCUT2D eigenvalue weighted by Crippen LogP contribution is 2.17. The molecule has 1 aromatic rings. The predicted molar refractivity (Wildman–Crippen MR) is 62.7 cm³/mol. The molecular weight excluding hydrogens is 277 g/mol. The average Bonchev–Trinajstić information content (AvgIpc) is 2.23. The first-order chi connectivity index (χ1) is 7.54. The lowest BCUT2D eigenvalue weighted by molar-refractivity contribution is -0.139. The monoisotopic (exact) mass is 289 g/mol. The largest absolute Gasteiger partial charge is 0.480 e. The van der Waals surface area contributed by atoms with Crippen LogP contribution in [0.2, 0.25) is 0 Å². The number of aliphatic carboxylic acids is 1. The molecule has 2 N–H and O–H groups in total. The normalized spacial score (nSPS) is 12.4. The van der Waals surface area contributed by atoms with Gasteiger partial charge in [0.1, 0.15) is 11.9 Å². The first-order valence-corrected chi connectivity index (χ1v) is 5.74. The molecule has 0 fully saturated rings. The molecule has 0 aliphatic heterocycles. The minimum Gasteiger partial charge on any atom is -0.480 e. The molecule has 0 aromatic heterocycles. The second-order valence-electron chi connectivity index (χ2n) is 3.42.